The van der Waals surface area contributed by atoms with E-state index in [4.69, 9.17) is 14.7 Å². The van der Waals surface area contributed by atoms with Crippen LogP contribution in [0.15, 0.2) is 18.2 Å². The number of rotatable bonds is 5. The highest BCUT2D eigenvalue weighted by Gasteiger charge is 2.30. The summed E-state index contributed by atoms with van der Waals surface area (Å²) in [4.78, 5) is 11.6. The zero-order chi connectivity index (χ0) is 14.5. The van der Waals surface area contributed by atoms with Crippen LogP contribution >= 0.6 is 0 Å². The van der Waals surface area contributed by atoms with Gasteiger partial charge in [0.2, 0.25) is 0 Å². The van der Waals surface area contributed by atoms with Gasteiger partial charge in [0.05, 0.1) is 32.1 Å². The highest BCUT2D eigenvalue weighted by Crippen LogP contribution is 2.33. The van der Waals surface area contributed by atoms with Crippen molar-refractivity contribution < 1.29 is 14.3 Å². The molecule has 0 aliphatic carbocycles. The second-order valence-electron chi connectivity index (χ2n) is 4.91. The number of hydrogen-bond donors (Lipinski definition) is 1. The van der Waals surface area contributed by atoms with Gasteiger partial charge < -0.3 is 14.3 Å². The van der Waals surface area contributed by atoms with Crippen LogP contribution in [0.4, 0.5) is 0 Å². The summed E-state index contributed by atoms with van der Waals surface area (Å²) >= 11 is 0. The van der Waals surface area contributed by atoms with Crippen molar-refractivity contribution in [1.82, 2.24) is 5.32 Å². The Bertz CT molecular complexity index is 530. The van der Waals surface area contributed by atoms with E-state index in [1.165, 1.54) is 0 Å². The molecule has 0 bridgehead atoms. The normalized spacial score (nSPS) is 19.4. The molecule has 1 aromatic carbocycles. The zero-order valence-corrected chi connectivity index (χ0v) is 11.7. The highest BCUT2D eigenvalue weighted by molar-refractivity contribution is 5.76. The third-order valence-electron chi connectivity index (χ3n) is 3.50. The van der Waals surface area contributed by atoms with Crippen LogP contribution in [0.3, 0.4) is 0 Å². The zero-order valence-electron chi connectivity index (χ0n) is 11.7. The summed E-state index contributed by atoms with van der Waals surface area (Å²) in [5, 5.41) is 12.3. The lowest BCUT2D eigenvalue weighted by Crippen LogP contribution is -2.32. The smallest absolute Gasteiger partial charge is 0.130 e. The number of Topliss-reactive ketones (excluding diaryl/α,β-unsaturated/α-hetero) is 1. The molecule has 0 amide bonds. The number of nitrogens with zero attached hydrogens (tertiary/aromatic N) is 1. The molecule has 0 aromatic heterocycles. The summed E-state index contributed by atoms with van der Waals surface area (Å²) in [5.41, 5.74) is 1.44. The molecule has 2 atom stereocenters. The fraction of sp³-hybridized carbons (Fsp3) is 0.467. The minimum Gasteiger partial charge on any atom is -0.496 e. The second-order valence-corrected chi connectivity index (χ2v) is 4.91. The molecule has 0 spiro atoms. The first-order chi connectivity index (χ1) is 9.65. The van der Waals surface area contributed by atoms with Crippen molar-refractivity contribution >= 4 is 5.78 Å². The van der Waals surface area contributed by atoms with Gasteiger partial charge in [-0.1, -0.05) is 0 Å². The topological polar surface area (TPSA) is 71.3 Å². The quantitative estimate of drug-likeness (QED) is 0.882. The molecular weight excluding hydrogens is 256 g/mol. The number of carbonyl (C=O) groups excluding carboxylic acids is 1. The van der Waals surface area contributed by atoms with Gasteiger partial charge in [0, 0.05) is 23.9 Å². The van der Waals surface area contributed by atoms with Crippen LogP contribution in [0.2, 0.25) is 0 Å². The van der Waals surface area contributed by atoms with E-state index >= 15 is 0 Å². The van der Waals surface area contributed by atoms with Gasteiger partial charge in [-0.3, -0.25) is 5.32 Å². The SMILES string of the molecule is COc1ccc(C#N)cc1C(CC(C)=O)C1COCN1. The number of carbonyl (C=O) groups is 1. The van der Waals surface area contributed by atoms with Crippen LogP contribution in [0, 0.1) is 11.3 Å². The van der Waals surface area contributed by atoms with Gasteiger partial charge in [-0.15, -0.1) is 0 Å². The van der Waals surface area contributed by atoms with Crippen LogP contribution in [0.5, 0.6) is 5.75 Å². The lowest BCUT2D eigenvalue weighted by Gasteiger charge is -2.24. The maximum atomic E-state index is 11.6. The second kappa shape index (κ2) is 6.51. The molecule has 106 valence electrons. The molecule has 1 aromatic rings. The number of nitriles is 1. The third kappa shape index (κ3) is 3.16. The van der Waals surface area contributed by atoms with Gasteiger partial charge in [-0.25, -0.2) is 0 Å². The van der Waals surface area contributed by atoms with E-state index in [9.17, 15) is 4.79 Å². The van der Waals surface area contributed by atoms with Gasteiger partial charge >= 0.3 is 0 Å². The molecule has 20 heavy (non-hydrogen) atoms. The standard InChI is InChI=1S/C15H18N2O3/c1-10(18)5-12(14-8-20-9-17-14)13-6-11(7-16)3-4-15(13)19-2/h3-4,6,12,14,17H,5,8-9H2,1-2H3. The van der Waals surface area contributed by atoms with Crippen molar-refractivity contribution in [3.8, 4) is 11.8 Å². The van der Waals surface area contributed by atoms with Crippen LogP contribution in [-0.2, 0) is 9.53 Å². The number of nitrogens with one attached hydrogen (secondary N) is 1. The lowest BCUT2D eigenvalue weighted by atomic mass is 9.86. The van der Waals surface area contributed by atoms with Crippen LogP contribution in [-0.4, -0.2) is 32.3 Å². The minimum atomic E-state index is -0.0572. The average molecular weight is 274 g/mol. The lowest BCUT2D eigenvalue weighted by molar-refractivity contribution is -0.117. The molecule has 1 fully saturated rings. The van der Waals surface area contributed by atoms with E-state index in [1.54, 1.807) is 32.2 Å². The molecule has 0 radical (unpaired) electrons. The van der Waals surface area contributed by atoms with Crippen molar-refractivity contribution in [1.29, 1.82) is 5.26 Å². The van der Waals surface area contributed by atoms with Crippen LogP contribution in [0.1, 0.15) is 30.4 Å². The first-order valence-electron chi connectivity index (χ1n) is 6.54. The molecular formula is C15H18N2O3. The van der Waals surface area contributed by atoms with Crippen molar-refractivity contribution in [3.05, 3.63) is 29.3 Å². The summed E-state index contributed by atoms with van der Waals surface area (Å²) in [6.45, 7) is 2.61. The maximum Gasteiger partial charge on any atom is 0.130 e. The number of ketones is 1. The number of ether oxygens (including phenoxy) is 2. The van der Waals surface area contributed by atoms with Gasteiger partial charge in [0.15, 0.2) is 0 Å². The van der Waals surface area contributed by atoms with E-state index < -0.39 is 0 Å². The third-order valence-corrected chi connectivity index (χ3v) is 3.50. The van der Waals surface area contributed by atoms with E-state index in [0.29, 0.717) is 31.1 Å². The maximum absolute atomic E-state index is 11.6. The first kappa shape index (κ1) is 14.5. The number of methoxy groups -OCH3 is 1. The summed E-state index contributed by atoms with van der Waals surface area (Å²) in [6, 6.07) is 7.47. The summed E-state index contributed by atoms with van der Waals surface area (Å²) < 4.78 is 10.7. The van der Waals surface area contributed by atoms with E-state index in [1.807, 2.05) is 0 Å². The Hall–Kier alpha value is -1.90. The van der Waals surface area contributed by atoms with Gasteiger partial charge in [0.25, 0.3) is 0 Å². The Morgan fingerprint density at radius 3 is 3.00 bits per heavy atom. The molecule has 1 aliphatic heterocycles. The Balaban J connectivity index is 2.40. The number of hydrogen-bond acceptors (Lipinski definition) is 5. The fourth-order valence-corrected chi connectivity index (χ4v) is 2.54. The summed E-state index contributed by atoms with van der Waals surface area (Å²) in [6.07, 6.45) is 0.395. The number of benzene rings is 1. The fourth-order valence-electron chi connectivity index (χ4n) is 2.54. The van der Waals surface area contributed by atoms with Gasteiger partial charge in [-0.2, -0.15) is 5.26 Å². The molecule has 5 heteroatoms. The predicted molar refractivity (Wildman–Crippen MR) is 73.5 cm³/mol. The van der Waals surface area contributed by atoms with Gasteiger partial charge in [-0.05, 0) is 25.1 Å². The van der Waals surface area contributed by atoms with E-state index in [0.717, 1.165) is 5.56 Å². The Kier molecular flexibility index (Phi) is 4.72. The molecule has 2 rings (SSSR count). The van der Waals surface area contributed by atoms with Crippen LogP contribution in [0.25, 0.3) is 0 Å². The Labute approximate surface area is 118 Å². The van der Waals surface area contributed by atoms with E-state index in [-0.39, 0.29) is 17.7 Å². The highest BCUT2D eigenvalue weighted by atomic mass is 16.5. The minimum absolute atomic E-state index is 0.0572. The van der Waals surface area contributed by atoms with Crippen molar-refractivity contribution in [3.63, 3.8) is 0 Å². The van der Waals surface area contributed by atoms with E-state index in [2.05, 4.69) is 11.4 Å². The Morgan fingerprint density at radius 2 is 2.45 bits per heavy atom. The first-order valence-corrected chi connectivity index (χ1v) is 6.54. The van der Waals surface area contributed by atoms with Crippen molar-refractivity contribution in [2.45, 2.75) is 25.3 Å². The molecule has 1 heterocycles. The molecule has 1 aliphatic rings. The van der Waals surface area contributed by atoms with Crippen molar-refractivity contribution in [2.24, 2.45) is 0 Å². The molecule has 1 N–H and O–H groups in total. The molecule has 0 saturated carbocycles. The monoisotopic (exact) mass is 274 g/mol. The molecule has 1 saturated heterocycles. The largest absolute Gasteiger partial charge is 0.496 e. The van der Waals surface area contributed by atoms with Gasteiger partial charge in [0.1, 0.15) is 11.5 Å². The molecule has 5 nitrogen and oxygen atoms in total. The Morgan fingerprint density at radius 1 is 1.65 bits per heavy atom. The van der Waals surface area contributed by atoms with Crippen LogP contribution < -0.4 is 10.1 Å². The molecule has 2 unspecified atom stereocenters. The van der Waals surface area contributed by atoms with Crippen molar-refractivity contribution in [2.75, 3.05) is 20.4 Å². The predicted octanol–water partition coefficient (Wildman–Crippen LogP) is 1.58. The summed E-state index contributed by atoms with van der Waals surface area (Å²) in [5.74, 6) is 0.746. The summed E-state index contributed by atoms with van der Waals surface area (Å²) in [7, 11) is 1.59. The average Bonchev–Trinajstić information content (AvgIpc) is 2.97.